The van der Waals surface area contributed by atoms with Crippen molar-refractivity contribution in [2.75, 3.05) is 13.2 Å². The van der Waals surface area contributed by atoms with Crippen LogP contribution in [0.25, 0.3) is 0 Å². The van der Waals surface area contributed by atoms with E-state index in [2.05, 4.69) is 5.43 Å². The second-order valence-corrected chi connectivity index (χ2v) is 4.84. The van der Waals surface area contributed by atoms with E-state index in [-0.39, 0.29) is 6.04 Å². The molecule has 1 fully saturated rings. The minimum atomic E-state index is 0.0405. The van der Waals surface area contributed by atoms with Gasteiger partial charge in [-0.05, 0) is 30.2 Å². The average Bonchev–Trinajstić information content (AvgIpc) is 2.70. The summed E-state index contributed by atoms with van der Waals surface area (Å²) in [6.07, 6.45) is 0.999. The van der Waals surface area contributed by atoms with Crippen LogP contribution in [0.15, 0.2) is 18.2 Å². The third-order valence-corrected chi connectivity index (χ3v) is 3.30. The zero-order valence-corrected chi connectivity index (χ0v) is 10.3. The van der Waals surface area contributed by atoms with E-state index in [9.17, 15) is 0 Å². The van der Waals surface area contributed by atoms with Crippen LogP contribution in [-0.4, -0.2) is 13.2 Å². The zero-order valence-electron chi connectivity index (χ0n) is 8.75. The van der Waals surface area contributed by atoms with Crippen LogP contribution in [0.2, 0.25) is 10.0 Å². The molecule has 3 N–H and O–H groups in total. The van der Waals surface area contributed by atoms with E-state index in [1.165, 1.54) is 0 Å². The number of hydrogen-bond donors (Lipinski definition) is 2. The highest BCUT2D eigenvalue weighted by molar-refractivity contribution is 6.34. The molecule has 88 valence electrons. The normalized spacial score (nSPS) is 22.3. The van der Waals surface area contributed by atoms with E-state index in [1.807, 2.05) is 12.1 Å². The summed E-state index contributed by atoms with van der Waals surface area (Å²) >= 11 is 11.9. The molecule has 1 aromatic rings. The number of nitrogens with two attached hydrogens (primary N) is 1. The van der Waals surface area contributed by atoms with Crippen molar-refractivity contribution in [2.45, 2.75) is 12.5 Å². The van der Waals surface area contributed by atoms with Crippen molar-refractivity contribution in [3.05, 3.63) is 33.8 Å². The molecule has 0 amide bonds. The van der Waals surface area contributed by atoms with E-state index < -0.39 is 0 Å². The van der Waals surface area contributed by atoms with Gasteiger partial charge in [-0.2, -0.15) is 0 Å². The molecule has 0 aliphatic carbocycles. The smallest absolute Gasteiger partial charge is 0.0513 e. The molecule has 1 aromatic carbocycles. The molecule has 5 heteroatoms. The summed E-state index contributed by atoms with van der Waals surface area (Å²) in [5.74, 6) is 5.97. The molecule has 3 nitrogen and oxygen atoms in total. The minimum absolute atomic E-state index is 0.0405. The first-order valence-electron chi connectivity index (χ1n) is 5.20. The predicted molar refractivity (Wildman–Crippen MR) is 65.5 cm³/mol. The highest BCUT2D eigenvalue weighted by Gasteiger charge is 2.26. The van der Waals surface area contributed by atoms with Gasteiger partial charge in [0.2, 0.25) is 0 Å². The first-order chi connectivity index (χ1) is 7.70. The minimum Gasteiger partial charge on any atom is -0.381 e. The summed E-state index contributed by atoms with van der Waals surface area (Å²) in [4.78, 5) is 0. The summed E-state index contributed by atoms with van der Waals surface area (Å²) in [7, 11) is 0. The molecule has 0 radical (unpaired) electrons. The van der Waals surface area contributed by atoms with Crippen molar-refractivity contribution < 1.29 is 4.74 Å². The van der Waals surface area contributed by atoms with E-state index >= 15 is 0 Å². The molecule has 2 atom stereocenters. The van der Waals surface area contributed by atoms with E-state index in [1.54, 1.807) is 6.07 Å². The largest absolute Gasteiger partial charge is 0.381 e. The Labute approximate surface area is 105 Å². The van der Waals surface area contributed by atoms with Gasteiger partial charge in [-0.3, -0.25) is 11.3 Å². The first-order valence-corrected chi connectivity index (χ1v) is 5.96. The topological polar surface area (TPSA) is 47.3 Å². The molecule has 2 rings (SSSR count). The van der Waals surface area contributed by atoms with Gasteiger partial charge >= 0.3 is 0 Å². The van der Waals surface area contributed by atoms with Crippen molar-refractivity contribution in [3.63, 3.8) is 0 Å². The van der Waals surface area contributed by atoms with E-state index in [0.29, 0.717) is 16.0 Å². The molecule has 0 bridgehead atoms. The monoisotopic (exact) mass is 260 g/mol. The molecule has 1 aliphatic heterocycles. The van der Waals surface area contributed by atoms with Crippen molar-refractivity contribution in [2.24, 2.45) is 11.8 Å². The average molecular weight is 261 g/mol. The fraction of sp³-hybridized carbons (Fsp3) is 0.455. The summed E-state index contributed by atoms with van der Waals surface area (Å²) in [6.45, 7) is 1.51. The Morgan fingerprint density at radius 3 is 2.50 bits per heavy atom. The maximum Gasteiger partial charge on any atom is 0.0513 e. The quantitative estimate of drug-likeness (QED) is 0.649. The van der Waals surface area contributed by atoms with Crippen molar-refractivity contribution >= 4 is 23.2 Å². The van der Waals surface area contributed by atoms with Crippen LogP contribution in [0.3, 0.4) is 0 Å². The van der Waals surface area contributed by atoms with Gasteiger partial charge in [0.1, 0.15) is 0 Å². The summed E-state index contributed by atoms with van der Waals surface area (Å²) in [5.41, 5.74) is 3.83. The van der Waals surface area contributed by atoms with Crippen LogP contribution in [0.4, 0.5) is 0 Å². The molecule has 16 heavy (non-hydrogen) atoms. The van der Waals surface area contributed by atoms with Crippen molar-refractivity contribution in [3.8, 4) is 0 Å². The standard InChI is InChI=1S/C11H14Cl2N2O/c12-9-3-8(4-10(13)5-9)11(15-14)7-1-2-16-6-7/h3-5,7,11,15H,1-2,6,14H2. The van der Waals surface area contributed by atoms with E-state index in [0.717, 1.165) is 25.2 Å². The third kappa shape index (κ3) is 2.67. The van der Waals surface area contributed by atoms with Crippen molar-refractivity contribution in [1.82, 2.24) is 5.43 Å². The Bertz CT molecular complexity index is 347. The van der Waals surface area contributed by atoms with Gasteiger partial charge in [-0.15, -0.1) is 0 Å². The Morgan fingerprint density at radius 2 is 2.00 bits per heavy atom. The summed E-state index contributed by atoms with van der Waals surface area (Å²) in [6, 6.07) is 5.52. The number of nitrogens with one attached hydrogen (secondary N) is 1. The fourth-order valence-electron chi connectivity index (χ4n) is 2.07. The lowest BCUT2D eigenvalue weighted by molar-refractivity contribution is 0.177. The number of hydrogen-bond acceptors (Lipinski definition) is 3. The molecule has 1 aliphatic rings. The SMILES string of the molecule is NNC(c1cc(Cl)cc(Cl)c1)C1CCOC1. The van der Waals surface area contributed by atoms with Gasteiger partial charge in [0.25, 0.3) is 0 Å². The van der Waals surface area contributed by atoms with Gasteiger partial charge < -0.3 is 4.74 Å². The maximum absolute atomic E-state index is 5.97. The second-order valence-electron chi connectivity index (χ2n) is 3.97. The van der Waals surface area contributed by atoms with E-state index in [4.69, 9.17) is 33.8 Å². The molecular weight excluding hydrogens is 247 g/mol. The third-order valence-electron chi connectivity index (χ3n) is 2.86. The Morgan fingerprint density at radius 1 is 1.31 bits per heavy atom. The molecule has 0 spiro atoms. The molecule has 0 aromatic heterocycles. The molecule has 1 heterocycles. The van der Waals surface area contributed by atoms with Gasteiger partial charge in [-0.25, -0.2) is 0 Å². The fourth-order valence-corrected chi connectivity index (χ4v) is 2.62. The molecule has 2 unspecified atom stereocenters. The van der Waals surface area contributed by atoms with Crippen LogP contribution >= 0.6 is 23.2 Å². The Kier molecular flexibility index (Phi) is 4.05. The number of hydrazine groups is 1. The first kappa shape index (κ1) is 12.1. The number of halogens is 2. The van der Waals surface area contributed by atoms with Crippen LogP contribution in [0.1, 0.15) is 18.0 Å². The predicted octanol–water partition coefficient (Wildman–Crippen LogP) is 2.53. The van der Waals surface area contributed by atoms with Gasteiger partial charge in [-0.1, -0.05) is 23.2 Å². The van der Waals surface area contributed by atoms with Crippen LogP contribution in [0.5, 0.6) is 0 Å². The summed E-state index contributed by atoms with van der Waals surface area (Å²) in [5, 5.41) is 1.25. The van der Waals surface area contributed by atoms with Crippen molar-refractivity contribution in [1.29, 1.82) is 0 Å². The zero-order chi connectivity index (χ0) is 11.5. The number of rotatable bonds is 3. The lowest BCUT2D eigenvalue weighted by Gasteiger charge is -2.22. The summed E-state index contributed by atoms with van der Waals surface area (Å²) < 4.78 is 5.36. The van der Waals surface area contributed by atoms with Gasteiger partial charge in [0.05, 0.1) is 12.6 Å². The number of ether oxygens (including phenoxy) is 1. The molecular formula is C11H14Cl2N2O. The Balaban J connectivity index is 2.24. The van der Waals surface area contributed by atoms with Crippen LogP contribution in [-0.2, 0) is 4.74 Å². The van der Waals surface area contributed by atoms with Gasteiger partial charge in [0.15, 0.2) is 0 Å². The highest BCUT2D eigenvalue weighted by Crippen LogP contribution is 2.31. The maximum atomic E-state index is 5.97. The van der Waals surface area contributed by atoms with Gasteiger partial charge in [0, 0.05) is 22.6 Å². The lowest BCUT2D eigenvalue weighted by Crippen LogP contribution is -2.33. The highest BCUT2D eigenvalue weighted by atomic mass is 35.5. The molecule has 1 saturated heterocycles. The van der Waals surface area contributed by atoms with Crippen LogP contribution < -0.4 is 11.3 Å². The molecule has 0 saturated carbocycles. The number of benzene rings is 1. The lowest BCUT2D eigenvalue weighted by atomic mass is 9.93. The van der Waals surface area contributed by atoms with Crippen LogP contribution in [0, 0.1) is 5.92 Å². The Hall–Kier alpha value is -0.320. The second kappa shape index (κ2) is 5.34.